The Kier molecular flexibility index (Phi) is 3.46. The van der Waals surface area contributed by atoms with Crippen molar-refractivity contribution in [2.75, 3.05) is 6.61 Å². The normalized spacial score (nSPS) is 33.0. The van der Waals surface area contributed by atoms with Gasteiger partial charge in [0.15, 0.2) is 0 Å². The maximum absolute atomic E-state index is 5.51. The highest BCUT2D eigenvalue weighted by Crippen LogP contribution is 2.22. The van der Waals surface area contributed by atoms with E-state index in [0.29, 0.717) is 12.1 Å². The van der Waals surface area contributed by atoms with Crippen molar-refractivity contribution in [3.05, 3.63) is 0 Å². The van der Waals surface area contributed by atoms with Crippen LogP contribution in [0.15, 0.2) is 0 Å². The summed E-state index contributed by atoms with van der Waals surface area (Å²) in [7, 11) is 0. The lowest BCUT2D eigenvalue weighted by atomic mass is 10.2. The van der Waals surface area contributed by atoms with E-state index in [1.54, 1.807) is 0 Å². The van der Waals surface area contributed by atoms with Crippen molar-refractivity contribution in [1.82, 2.24) is 4.84 Å². The van der Waals surface area contributed by atoms with Crippen molar-refractivity contribution in [2.45, 2.75) is 38.3 Å². The van der Waals surface area contributed by atoms with Gasteiger partial charge in [-0.3, -0.25) is 0 Å². The molecular weight excluding hydrogens is 150 g/mol. The van der Waals surface area contributed by atoms with Gasteiger partial charge in [0.25, 0.3) is 0 Å². The van der Waals surface area contributed by atoms with Crippen LogP contribution in [0.1, 0.15) is 26.2 Å². The molecule has 0 aromatic carbocycles. The first-order chi connectivity index (χ1) is 4.88. The molecule has 0 aromatic rings. The molecule has 1 aliphatic carbocycles. The quantitative estimate of drug-likeness (QED) is 0.640. The lowest BCUT2D eigenvalue weighted by Gasteiger charge is -2.16. The molecule has 1 N–H and O–H groups in total. The second kappa shape index (κ2) is 4.16. The molecule has 0 unspecified atom stereocenters. The van der Waals surface area contributed by atoms with Crippen LogP contribution in [-0.4, -0.2) is 18.8 Å². The van der Waals surface area contributed by atoms with E-state index in [1.165, 1.54) is 6.42 Å². The molecule has 2 nitrogen and oxygen atoms in total. The summed E-state index contributed by atoms with van der Waals surface area (Å²) in [4.78, 5) is 2.75. The third kappa shape index (κ3) is 1.84. The molecule has 60 valence electrons. The van der Waals surface area contributed by atoms with Crippen LogP contribution >= 0.6 is 11.8 Å². The van der Waals surface area contributed by atoms with Crippen molar-refractivity contribution in [3.8, 4) is 0 Å². The minimum absolute atomic E-state index is 0.350. The number of hydrogen-bond donors (Lipinski definition) is 1. The minimum Gasteiger partial charge on any atom is -0.377 e. The zero-order valence-electron chi connectivity index (χ0n) is 6.27. The van der Waals surface area contributed by atoms with Crippen molar-refractivity contribution in [3.63, 3.8) is 0 Å². The summed E-state index contributed by atoms with van der Waals surface area (Å²) < 4.78 is 5.46. The molecule has 1 rings (SSSR count). The molecule has 1 fully saturated rings. The molecule has 1 aliphatic rings. The van der Waals surface area contributed by atoms with Gasteiger partial charge in [0, 0.05) is 12.6 Å². The zero-order chi connectivity index (χ0) is 7.40. The molecule has 0 heterocycles. The summed E-state index contributed by atoms with van der Waals surface area (Å²) in [5.41, 5.74) is 0. The molecule has 3 heteroatoms. The van der Waals surface area contributed by atoms with E-state index in [9.17, 15) is 0 Å². The van der Waals surface area contributed by atoms with Gasteiger partial charge < -0.3 is 4.74 Å². The van der Waals surface area contributed by atoms with Crippen LogP contribution in [0.4, 0.5) is 0 Å². The van der Waals surface area contributed by atoms with Crippen LogP contribution in [0, 0.1) is 0 Å². The summed E-state index contributed by atoms with van der Waals surface area (Å²) in [6, 6.07) is 0.376. The fraction of sp³-hybridized carbons (Fsp3) is 1.00. The van der Waals surface area contributed by atoms with Gasteiger partial charge in [-0.25, -0.2) is 4.84 Å². The highest BCUT2D eigenvalue weighted by Gasteiger charge is 2.26. The summed E-state index contributed by atoms with van der Waals surface area (Å²) in [5, 5.41) is 0. The van der Waals surface area contributed by atoms with Gasteiger partial charge in [0.05, 0.1) is 6.10 Å². The monoisotopic (exact) mass is 163 g/mol. The molecule has 2 atom stereocenters. The first kappa shape index (κ1) is 8.31. The first-order valence-corrected chi connectivity index (χ1v) is 4.24. The first-order valence-electron chi connectivity index (χ1n) is 3.86. The number of halogens is 1. The predicted octanol–water partition coefficient (Wildman–Crippen LogP) is 1.69. The second-order valence-electron chi connectivity index (χ2n) is 2.64. The molecule has 0 spiro atoms. The van der Waals surface area contributed by atoms with E-state index in [4.69, 9.17) is 16.5 Å². The van der Waals surface area contributed by atoms with E-state index in [-0.39, 0.29) is 0 Å². The SMILES string of the molecule is CCO[C@H]1CCC[C@@H]1NCl. The molecule has 0 radical (unpaired) electrons. The van der Waals surface area contributed by atoms with Gasteiger partial charge in [0.2, 0.25) is 0 Å². The molecule has 0 bridgehead atoms. The Morgan fingerprint density at radius 2 is 2.40 bits per heavy atom. The molecule has 0 aliphatic heterocycles. The van der Waals surface area contributed by atoms with E-state index in [2.05, 4.69) is 4.84 Å². The smallest absolute Gasteiger partial charge is 0.0740 e. The molecule has 0 saturated heterocycles. The van der Waals surface area contributed by atoms with Crippen LogP contribution in [0.25, 0.3) is 0 Å². The zero-order valence-corrected chi connectivity index (χ0v) is 7.03. The molecular formula is C7H14ClNO. The Morgan fingerprint density at radius 3 is 3.00 bits per heavy atom. The van der Waals surface area contributed by atoms with Gasteiger partial charge in [-0.05, 0) is 38.0 Å². The third-order valence-electron chi connectivity index (χ3n) is 1.97. The van der Waals surface area contributed by atoms with Gasteiger partial charge in [-0.2, -0.15) is 0 Å². The van der Waals surface area contributed by atoms with E-state index in [0.717, 1.165) is 19.4 Å². The Labute approximate surface area is 67.0 Å². The summed E-state index contributed by atoms with van der Waals surface area (Å²) in [5.74, 6) is 0. The fourth-order valence-electron chi connectivity index (χ4n) is 1.46. The Hall–Kier alpha value is 0.210. The average Bonchev–Trinajstić information content (AvgIpc) is 2.36. The number of hydrogen-bond acceptors (Lipinski definition) is 2. The number of nitrogens with one attached hydrogen (secondary N) is 1. The summed E-state index contributed by atoms with van der Waals surface area (Å²) in [6.07, 6.45) is 3.88. The predicted molar refractivity (Wildman–Crippen MR) is 42.0 cm³/mol. The van der Waals surface area contributed by atoms with Crippen LogP contribution in [0.2, 0.25) is 0 Å². The Bertz CT molecular complexity index is 99.6. The van der Waals surface area contributed by atoms with Crippen LogP contribution < -0.4 is 4.84 Å². The van der Waals surface area contributed by atoms with Crippen molar-refractivity contribution < 1.29 is 4.74 Å². The largest absolute Gasteiger partial charge is 0.377 e. The lowest BCUT2D eigenvalue weighted by molar-refractivity contribution is 0.0542. The van der Waals surface area contributed by atoms with Crippen molar-refractivity contribution in [2.24, 2.45) is 0 Å². The van der Waals surface area contributed by atoms with Crippen molar-refractivity contribution in [1.29, 1.82) is 0 Å². The number of rotatable bonds is 3. The van der Waals surface area contributed by atoms with Crippen LogP contribution in [0.3, 0.4) is 0 Å². The third-order valence-corrected chi connectivity index (χ3v) is 2.25. The maximum Gasteiger partial charge on any atom is 0.0740 e. The topological polar surface area (TPSA) is 21.3 Å². The highest BCUT2D eigenvalue weighted by atomic mass is 35.5. The van der Waals surface area contributed by atoms with Gasteiger partial charge in [0.1, 0.15) is 0 Å². The van der Waals surface area contributed by atoms with E-state index >= 15 is 0 Å². The molecule has 0 aromatic heterocycles. The van der Waals surface area contributed by atoms with E-state index in [1.807, 2.05) is 6.92 Å². The van der Waals surface area contributed by atoms with Crippen LogP contribution in [0.5, 0.6) is 0 Å². The second-order valence-corrected chi connectivity index (χ2v) is 2.86. The molecule has 10 heavy (non-hydrogen) atoms. The Morgan fingerprint density at radius 1 is 1.60 bits per heavy atom. The van der Waals surface area contributed by atoms with Gasteiger partial charge in [-0.15, -0.1) is 0 Å². The molecule has 1 saturated carbocycles. The van der Waals surface area contributed by atoms with Crippen LogP contribution in [-0.2, 0) is 4.74 Å². The van der Waals surface area contributed by atoms with Crippen molar-refractivity contribution >= 4 is 11.8 Å². The lowest BCUT2D eigenvalue weighted by Crippen LogP contribution is -2.31. The Balaban J connectivity index is 2.27. The summed E-state index contributed by atoms with van der Waals surface area (Å²) in [6.45, 7) is 2.81. The minimum atomic E-state index is 0.350. The van der Waals surface area contributed by atoms with Gasteiger partial charge >= 0.3 is 0 Å². The van der Waals surface area contributed by atoms with Gasteiger partial charge in [-0.1, -0.05) is 0 Å². The average molecular weight is 164 g/mol. The molecule has 0 amide bonds. The van der Waals surface area contributed by atoms with E-state index < -0.39 is 0 Å². The number of ether oxygens (including phenoxy) is 1. The summed E-state index contributed by atoms with van der Waals surface area (Å²) >= 11 is 5.51. The highest BCUT2D eigenvalue weighted by molar-refractivity contribution is 6.13. The fourth-order valence-corrected chi connectivity index (χ4v) is 1.71. The maximum atomic E-state index is 5.51. The standard InChI is InChI=1S/C7H14ClNO/c1-2-10-7-5-3-4-6(7)9-8/h6-7,9H,2-5H2,1H3/t6-,7-/m0/s1.